The van der Waals surface area contributed by atoms with Crippen molar-refractivity contribution >= 4 is 27.3 Å². The molecule has 32 heavy (non-hydrogen) atoms. The predicted molar refractivity (Wildman–Crippen MR) is 123 cm³/mol. The molecular weight excluding hydrogens is 428 g/mol. The topological polar surface area (TPSA) is 93.7 Å². The van der Waals surface area contributed by atoms with Crippen LogP contribution in [0.3, 0.4) is 0 Å². The summed E-state index contributed by atoms with van der Waals surface area (Å²) in [7, 11) is -3.82. The summed E-state index contributed by atoms with van der Waals surface area (Å²) in [5.41, 5.74) is 2.70. The Balaban J connectivity index is 1.42. The predicted octanol–water partition coefficient (Wildman–Crippen LogP) is 4.46. The molecule has 0 fully saturated rings. The van der Waals surface area contributed by atoms with Crippen molar-refractivity contribution in [2.45, 2.75) is 24.7 Å². The maximum atomic E-state index is 12.7. The minimum Gasteiger partial charge on any atom is -0.486 e. The smallest absolute Gasteiger partial charge is 0.262 e. The molecule has 3 aromatic carbocycles. The van der Waals surface area contributed by atoms with Gasteiger partial charge in [0.1, 0.15) is 13.2 Å². The van der Waals surface area contributed by atoms with Gasteiger partial charge in [-0.25, -0.2) is 8.42 Å². The van der Waals surface area contributed by atoms with Gasteiger partial charge >= 0.3 is 0 Å². The van der Waals surface area contributed by atoms with Gasteiger partial charge in [0.15, 0.2) is 11.5 Å². The molecule has 0 radical (unpaired) electrons. The van der Waals surface area contributed by atoms with Crippen LogP contribution in [0.2, 0.25) is 0 Å². The summed E-state index contributed by atoms with van der Waals surface area (Å²) < 4.78 is 38.9. The number of carbonyl (C=O) groups excluding carboxylic acids is 1. The van der Waals surface area contributed by atoms with Crippen molar-refractivity contribution in [1.29, 1.82) is 0 Å². The molecule has 166 valence electrons. The third-order valence-corrected chi connectivity index (χ3v) is 6.35. The van der Waals surface area contributed by atoms with E-state index in [4.69, 9.17) is 9.47 Å². The van der Waals surface area contributed by atoms with Crippen LogP contribution in [0, 0.1) is 0 Å². The number of amides is 1. The van der Waals surface area contributed by atoms with E-state index < -0.39 is 10.0 Å². The Morgan fingerprint density at radius 3 is 2.22 bits per heavy atom. The largest absolute Gasteiger partial charge is 0.486 e. The lowest BCUT2D eigenvalue weighted by Crippen LogP contribution is -2.17. The van der Waals surface area contributed by atoms with Gasteiger partial charge in [0.2, 0.25) is 0 Å². The zero-order chi connectivity index (χ0) is 22.6. The Bertz CT molecular complexity index is 1210. The van der Waals surface area contributed by atoms with Crippen LogP contribution >= 0.6 is 0 Å². The van der Waals surface area contributed by atoms with Crippen LogP contribution in [0.5, 0.6) is 11.5 Å². The van der Waals surface area contributed by atoms with E-state index in [-0.39, 0.29) is 10.8 Å². The molecule has 0 saturated heterocycles. The monoisotopic (exact) mass is 452 g/mol. The fraction of sp³-hybridized carbons (Fsp3) is 0.208. The highest BCUT2D eigenvalue weighted by molar-refractivity contribution is 7.92. The van der Waals surface area contributed by atoms with Crippen molar-refractivity contribution in [3.8, 4) is 11.5 Å². The average Bonchev–Trinajstić information content (AvgIpc) is 2.80. The normalized spacial score (nSPS) is 12.8. The van der Waals surface area contributed by atoms with Gasteiger partial charge < -0.3 is 14.8 Å². The highest BCUT2D eigenvalue weighted by atomic mass is 32.2. The molecule has 0 unspecified atom stereocenters. The fourth-order valence-electron chi connectivity index (χ4n) is 3.34. The van der Waals surface area contributed by atoms with E-state index in [0.717, 1.165) is 12.8 Å². The molecule has 8 heteroatoms. The molecule has 3 aromatic rings. The lowest BCUT2D eigenvalue weighted by Gasteiger charge is -2.19. The van der Waals surface area contributed by atoms with Gasteiger partial charge in [-0.15, -0.1) is 0 Å². The SMILES string of the molecule is CCCc1ccc(NC(=O)c2ccc(NS(=O)(=O)c3ccc4c(c3)OCCO4)cc2)cc1. The summed E-state index contributed by atoms with van der Waals surface area (Å²) in [6.45, 7) is 2.92. The molecule has 0 saturated carbocycles. The zero-order valence-electron chi connectivity index (χ0n) is 17.6. The highest BCUT2D eigenvalue weighted by Gasteiger charge is 2.19. The Morgan fingerprint density at radius 1 is 0.875 bits per heavy atom. The molecule has 2 N–H and O–H groups in total. The van der Waals surface area contributed by atoms with Gasteiger partial charge in [-0.1, -0.05) is 25.5 Å². The fourth-order valence-corrected chi connectivity index (χ4v) is 4.41. The number of rotatable bonds is 7. The minimum atomic E-state index is -3.82. The molecule has 0 bridgehead atoms. The second kappa shape index (κ2) is 9.32. The van der Waals surface area contributed by atoms with Gasteiger partial charge in [0, 0.05) is 23.0 Å². The van der Waals surface area contributed by atoms with Crippen LogP contribution in [-0.4, -0.2) is 27.5 Å². The van der Waals surface area contributed by atoms with E-state index in [0.29, 0.717) is 41.7 Å². The summed E-state index contributed by atoms with van der Waals surface area (Å²) >= 11 is 0. The van der Waals surface area contributed by atoms with Crippen molar-refractivity contribution in [1.82, 2.24) is 0 Å². The first kappa shape index (κ1) is 21.7. The number of sulfonamides is 1. The van der Waals surface area contributed by atoms with Gasteiger partial charge in [0.25, 0.3) is 15.9 Å². The van der Waals surface area contributed by atoms with Crippen molar-refractivity contribution in [3.63, 3.8) is 0 Å². The first-order valence-electron chi connectivity index (χ1n) is 10.4. The number of carbonyl (C=O) groups is 1. The zero-order valence-corrected chi connectivity index (χ0v) is 18.4. The molecule has 1 aliphatic rings. The first-order valence-corrected chi connectivity index (χ1v) is 11.9. The standard InChI is InChI=1S/C24H24N2O5S/c1-2-3-17-4-8-19(9-5-17)25-24(27)18-6-10-20(11-7-18)26-32(28,29)21-12-13-22-23(16-21)31-15-14-30-22/h4-13,16,26H,2-3,14-15H2,1H3,(H,25,27). The third kappa shape index (κ3) is 5.03. The quantitative estimate of drug-likeness (QED) is 0.552. The van der Waals surface area contributed by atoms with Crippen LogP contribution in [0.15, 0.2) is 71.6 Å². The second-order valence-electron chi connectivity index (χ2n) is 7.39. The van der Waals surface area contributed by atoms with Crippen LogP contribution in [0.1, 0.15) is 29.3 Å². The molecule has 1 heterocycles. The Kier molecular flexibility index (Phi) is 6.32. The van der Waals surface area contributed by atoms with E-state index >= 15 is 0 Å². The molecule has 0 spiro atoms. The van der Waals surface area contributed by atoms with Crippen molar-refractivity contribution in [2.24, 2.45) is 0 Å². The molecule has 1 amide bonds. The van der Waals surface area contributed by atoms with Gasteiger partial charge in [-0.3, -0.25) is 9.52 Å². The van der Waals surface area contributed by atoms with E-state index in [1.807, 2.05) is 24.3 Å². The number of fused-ring (bicyclic) bond motifs is 1. The number of ether oxygens (including phenoxy) is 2. The number of hydrogen-bond donors (Lipinski definition) is 2. The number of hydrogen-bond acceptors (Lipinski definition) is 5. The first-order chi connectivity index (χ1) is 15.4. The van der Waals surface area contributed by atoms with Gasteiger partial charge in [-0.2, -0.15) is 0 Å². The maximum Gasteiger partial charge on any atom is 0.262 e. The van der Waals surface area contributed by atoms with Crippen molar-refractivity contribution in [2.75, 3.05) is 23.3 Å². The van der Waals surface area contributed by atoms with Crippen molar-refractivity contribution < 1.29 is 22.7 Å². The van der Waals surface area contributed by atoms with Crippen LogP contribution in [-0.2, 0) is 16.4 Å². The molecule has 0 aliphatic carbocycles. The Labute approximate surface area is 187 Å². The summed E-state index contributed by atoms with van der Waals surface area (Å²) in [6, 6.07) is 18.5. The Hall–Kier alpha value is -3.52. The molecule has 1 aliphatic heterocycles. The van der Waals surface area contributed by atoms with Gasteiger partial charge in [0.05, 0.1) is 4.90 Å². The van der Waals surface area contributed by atoms with Crippen molar-refractivity contribution in [3.05, 3.63) is 77.9 Å². The van der Waals surface area contributed by atoms with Crippen LogP contribution in [0.4, 0.5) is 11.4 Å². The van der Waals surface area contributed by atoms with E-state index in [9.17, 15) is 13.2 Å². The molecule has 0 aromatic heterocycles. The Morgan fingerprint density at radius 2 is 1.53 bits per heavy atom. The third-order valence-electron chi connectivity index (χ3n) is 4.97. The number of aryl methyl sites for hydroxylation is 1. The average molecular weight is 453 g/mol. The highest BCUT2D eigenvalue weighted by Crippen LogP contribution is 2.32. The van der Waals surface area contributed by atoms with E-state index in [1.54, 1.807) is 30.3 Å². The van der Waals surface area contributed by atoms with Crippen LogP contribution < -0.4 is 19.5 Å². The molecule has 7 nitrogen and oxygen atoms in total. The van der Waals surface area contributed by atoms with E-state index in [1.165, 1.54) is 17.7 Å². The summed E-state index contributed by atoms with van der Waals surface area (Å²) in [5.74, 6) is 0.647. The number of benzene rings is 3. The van der Waals surface area contributed by atoms with Crippen LogP contribution in [0.25, 0.3) is 0 Å². The van der Waals surface area contributed by atoms with Gasteiger partial charge in [-0.05, 0) is 60.5 Å². The summed E-state index contributed by atoms with van der Waals surface area (Å²) in [6.07, 6.45) is 2.06. The second-order valence-corrected chi connectivity index (χ2v) is 9.07. The minimum absolute atomic E-state index is 0.0649. The molecular formula is C24H24N2O5S. The lowest BCUT2D eigenvalue weighted by molar-refractivity contribution is 0.102. The lowest BCUT2D eigenvalue weighted by atomic mass is 10.1. The number of anilines is 2. The summed E-state index contributed by atoms with van der Waals surface area (Å²) in [4.78, 5) is 12.6. The summed E-state index contributed by atoms with van der Waals surface area (Å²) in [5, 5.41) is 2.85. The number of nitrogens with one attached hydrogen (secondary N) is 2. The molecule has 4 rings (SSSR count). The molecule has 0 atom stereocenters. The maximum absolute atomic E-state index is 12.7. The van der Waals surface area contributed by atoms with E-state index in [2.05, 4.69) is 17.0 Å².